The van der Waals surface area contributed by atoms with Gasteiger partial charge < -0.3 is 10.8 Å². The minimum atomic E-state index is -3.60. The SMILES string of the molecule is CSC(CO)C(C)NS(=O)(=O)c1ccc(N)cc1C. The second-order valence-electron chi connectivity index (χ2n) is 4.39. The number of hydrogen-bond donors (Lipinski definition) is 3. The number of hydrogen-bond acceptors (Lipinski definition) is 5. The summed E-state index contributed by atoms with van der Waals surface area (Å²) in [4.78, 5) is 0.214. The van der Waals surface area contributed by atoms with Crippen molar-refractivity contribution in [2.24, 2.45) is 0 Å². The molecule has 0 fully saturated rings. The number of rotatable bonds is 6. The van der Waals surface area contributed by atoms with E-state index in [1.165, 1.54) is 17.8 Å². The molecule has 0 aliphatic rings. The molecule has 0 saturated heterocycles. The van der Waals surface area contributed by atoms with Crippen LogP contribution < -0.4 is 10.5 Å². The summed E-state index contributed by atoms with van der Waals surface area (Å²) in [6.45, 7) is 3.36. The molecule has 1 aromatic rings. The second kappa shape index (κ2) is 6.60. The summed E-state index contributed by atoms with van der Waals surface area (Å²) < 4.78 is 27.1. The van der Waals surface area contributed by atoms with Crippen LogP contribution in [-0.2, 0) is 10.0 Å². The summed E-state index contributed by atoms with van der Waals surface area (Å²) >= 11 is 1.42. The lowest BCUT2D eigenvalue weighted by molar-refractivity contribution is 0.282. The van der Waals surface area contributed by atoms with Crippen molar-refractivity contribution in [1.82, 2.24) is 4.72 Å². The highest BCUT2D eigenvalue weighted by molar-refractivity contribution is 7.99. The Balaban J connectivity index is 2.98. The van der Waals surface area contributed by atoms with E-state index >= 15 is 0 Å². The number of nitrogens with two attached hydrogens (primary N) is 1. The van der Waals surface area contributed by atoms with Crippen molar-refractivity contribution < 1.29 is 13.5 Å². The van der Waals surface area contributed by atoms with Gasteiger partial charge in [-0.25, -0.2) is 13.1 Å². The lowest BCUT2D eigenvalue weighted by atomic mass is 10.2. The summed E-state index contributed by atoms with van der Waals surface area (Å²) in [6, 6.07) is 4.32. The van der Waals surface area contributed by atoms with Crippen LogP contribution in [0.1, 0.15) is 12.5 Å². The molecule has 108 valence electrons. The summed E-state index contributed by atoms with van der Waals surface area (Å²) in [7, 11) is -3.60. The van der Waals surface area contributed by atoms with Crippen molar-refractivity contribution in [3.8, 4) is 0 Å². The van der Waals surface area contributed by atoms with E-state index in [2.05, 4.69) is 4.72 Å². The molecule has 0 radical (unpaired) electrons. The summed E-state index contributed by atoms with van der Waals surface area (Å²) in [5, 5.41) is 9.01. The third-order valence-corrected chi connectivity index (χ3v) is 5.75. The first-order valence-electron chi connectivity index (χ1n) is 5.84. The molecule has 0 aromatic heterocycles. The second-order valence-corrected chi connectivity index (χ2v) is 7.15. The number of aliphatic hydroxyl groups excluding tert-OH is 1. The number of nitrogens with one attached hydrogen (secondary N) is 1. The molecule has 0 aliphatic carbocycles. The third kappa shape index (κ3) is 4.10. The Hall–Kier alpha value is -0.760. The topological polar surface area (TPSA) is 92.4 Å². The van der Waals surface area contributed by atoms with E-state index in [4.69, 9.17) is 5.73 Å². The number of nitrogen functional groups attached to an aromatic ring is 1. The normalized spacial score (nSPS) is 15.2. The molecule has 0 bridgehead atoms. The number of benzene rings is 1. The number of aryl methyl sites for hydroxylation is 1. The van der Waals surface area contributed by atoms with Gasteiger partial charge in [0.2, 0.25) is 10.0 Å². The van der Waals surface area contributed by atoms with E-state index in [0.717, 1.165) is 0 Å². The van der Waals surface area contributed by atoms with Gasteiger partial charge in [0.1, 0.15) is 0 Å². The highest BCUT2D eigenvalue weighted by atomic mass is 32.2. The van der Waals surface area contributed by atoms with Crippen LogP contribution in [0, 0.1) is 6.92 Å². The lowest BCUT2D eigenvalue weighted by Crippen LogP contribution is -2.41. The van der Waals surface area contributed by atoms with Crippen LogP contribution in [0.25, 0.3) is 0 Å². The van der Waals surface area contributed by atoms with Gasteiger partial charge in [0.05, 0.1) is 11.5 Å². The van der Waals surface area contributed by atoms with Gasteiger partial charge in [-0.3, -0.25) is 0 Å². The zero-order valence-electron chi connectivity index (χ0n) is 11.3. The molecule has 1 rings (SSSR count). The number of aliphatic hydroxyl groups is 1. The van der Waals surface area contributed by atoms with Gasteiger partial charge >= 0.3 is 0 Å². The molecule has 19 heavy (non-hydrogen) atoms. The quantitative estimate of drug-likeness (QED) is 0.681. The summed E-state index contributed by atoms with van der Waals surface area (Å²) in [6.07, 6.45) is 1.83. The first kappa shape index (κ1) is 16.3. The monoisotopic (exact) mass is 304 g/mol. The summed E-state index contributed by atoms with van der Waals surface area (Å²) in [5.74, 6) is 0. The van der Waals surface area contributed by atoms with E-state index in [9.17, 15) is 13.5 Å². The maximum absolute atomic E-state index is 12.3. The molecule has 4 N–H and O–H groups in total. The molecule has 0 aliphatic heterocycles. The van der Waals surface area contributed by atoms with Crippen molar-refractivity contribution in [2.75, 3.05) is 18.6 Å². The molecular formula is C12H20N2O3S2. The lowest BCUT2D eigenvalue weighted by Gasteiger charge is -2.21. The van der Waals surface area contributed by atoms with E-state index < -0.39 is 10.0 Å². The summed E-state index contributed by atoms with van der Waals surface area (Å²) in [5.41, 5.74) is 6.74. The van der Waals surface area contributed by atoms with E-state index in [-0.39, 0.29) is 22.8 Å². The molecule has 1 aromatic carbocycles. The van der Waals surface area contributed by atoms with Crippen LogP contribution in [0.2, 0.25) is 0 Å². The van der Waals surface area contributed by atoms with Crippen LogP contribution in [0.4, 0.5) is 5.69 Å². The zero-order valence-corrected chi connectivity index (χ0v) is 12.9. The van der Waals surface area contributed by atoms with Crippen molar-refractivity contribution in [2.45, 2.75) is 30.0 Å². The molecule has 7 heteroatoms. The van der Waals surface area contributed by atoms with Gasteiger partial charge in [-0.05, 0) is 43.9 Å². The van der Waals surface area contributed by atoms with Crippen LogP contribution in [0.3, 0.4) is 0 Å². The first-order chi connectivity index (χ1) is 8.81. The molecule has 2 atom stereocenters. The van der Waals surface area contributed by atoms with Crippen LogP contribution in [0.5, 0.6) is 0 Å². The smallest absolute Gasteiger partial charge is 0.241 e. The van der Waals surface area contributed by atoms with Crippen molar-refractivity contribution in [1.29, 1.82) is 0 Å². The number of anilines is 1. The largest absolute Gasteiger partial charge is 0.399 e. The molecule has 0 spiro atoms. The Morgan fingerprint density at radius 2 is 2.11 bits per heavy atom. The molecule has 0 amide bonds. The zero-order chi connectivity index (χ0) is 14.6. The Morgan fingerprint density at radius 1 is 1.47 bits per heavy atom. The van der Waals surface area contributed by atoms with Gasteiger partial charge in [0, 0.05) is 17.0 Å². The fraction of sp³-hybridized carbons (Fsp3) is 0.500. The molecule has 0 heterocycles. The fourth-order valence-corrected chi connectivity index (χ4v) is 4.02. The molecule has 0 saturated carbocycles. The minimum Gasteiger partial charge on any atom is -0.399 e. The Kier molecular flexibility index (Phi) is 5.66. The number of thioether (sulfide) groups is 1. The molecule has 2 unspecified atom stereocenters. The minimum absolute atomic E-state index is 0.0778. The van der Waals surface area contributed by atoms with Crippen molar-refractivity contribution in [3.05, 3.63) is 23.8 Å². The molecule has 5 nitrogen and oxygen atoms in total. The predicted molar refractivity (Wildman–Crippen MR) is 79.8 cm³/mol. The van der Waals surface area contributed by atoms with Crippen molar-refractivity contribution in [3.63, 3.8) is 0 Å². The van der Waals surface area contributed by atoms with Gasteiger partial charge in [0.25, 0.3) is 0 Å². The highest BCUT2D eigenvalue weighted by Crippen LogP contribution is 2.19. The average molecular weight is 304 g/mol. The Labute approximate surface area is 118 Å². The standard InChI is InChI=1S/C12H20N2O3S2/c1-8-6-10(13)4-5-12(8)19(16,17)14-9(2)11(7-15)18-3/h4-6,9,11,14-15H,7,13H2,1-3H3. The maximum Gasteiger partial charge on any atom is 0.241 e. The van der Waals surface area contributed by atoms with Crippen molar-refractivity contribution >= 4 is 27.5 Å². The predicted octanol–water partition coefficient (Wildman–Crippen LogP) is 0.968. The number of sulfonamides is 1. The third-order valence-electron chi connectivity index (χ3n) is 2.87. The van der Waals surface area contributed by atoms with E-state index in [1.807, 2.05) is 6.26 Å². The average Bonchev–Trinajstić information content (AvgIpc) is 2.29. The van der Waals surface area contributed by atoms with E-state index in [1.54, 1.807) is 26.0 Å². The van der Waals surface area contributed by atoms with Gasteiger partial charge in [-0.1, -0.05) is 0 Å². The van der Waals surface area contributed by atoms with Crippen LogP contribution >= 0.6 is 11.8 Å². The highest BCUT2D eigenvalue weighted by Gasteiger charge is 2.24. The maximum atomic E-state index is 12.3. The Morgan fingerprint density at radius 3 is 2.58 bits per heavy atom. The fourth-order valence-electron chi connectivity index (χ4n) is 1.79. The van der Waals surface area contributed by atoms with E-state index in [0.29, 0.717) is 11.3 Å². The first-order valence-corrected chi connectivity index (χ1v) is 8.61. The van der Waals surface area contributed by atoms with Crippen LogP contribution in [0.15, 0.2) is 23.1 Å². The van der Waals surface area contributed by atoms with Gasteiger partial charge in [0.15, 0.2) is 0 Å². The molecular weight excluding hydrogens is 284 g/mol. The van der Waals surface area contributed by atoms with Gasteiger partial charge in [-0.2, -0.15) is 11.8 Å². The van der Waals surface area contributed by atoms with Crippen LogP contribution in [-0.4, -0.2) is 37.7 Å². The van der Waals surface area contributed by atoms with Gasteiger partial charge in [-0.15, -0.1) is 0 Å². The Bertz CT molecular complexity index is 528.